The van der Waals surface area contributed by atoms with Gasteiger partial charge in [-0.25, -0.2) is 0 Å². The summed E-state index contributed by atoms with van der Waals surface area (Å²) in [5, 5.41) is 6.16. The van der Waals surface area contributed by atoms with E-state index in [2.05, 4.69) is 20.5 Å². The van der Waals surface area contributed by atoms with Crippen molar-refractivity contribution in [1.82, 2.24) is 15.5 Å². The Balaban J connectivity index is 1.89. The van der Waals surface area contributed by atoms with Gasteiger partial charge in [-0.15, -0.1) is 0 Å². The van der Waals surface area contributed by atoms with E-state index in [4.69, 9.17) is 4.74 Å². The first-order valence-corrected chi connectivity index (χ1v) is 9.58. The van der Waals surface area contributed by atoms with E-state index < -0.39 is 0 Å². The van der Waals surface area contributed by atoms with Crippen molar-refractivity contribution in [3.63, 3.8) is 0 Å². The Bertz CT molecular complexity index is 667. The highest BCUT2D eigenvalue weighted by atomic mass is 16.5. The molecule has 0 aliphatic carbocycles. The molecule has 0 unspecified atom stereocenters. The Labute approximate surface area is 161 Å². The lowest BCUT2D eigenvalue weighted by Crippen LogP contribution is -2.46. The minimum Gasteiger partial charge on any atom is -0.466 e. The molecule has 1 aliphatic heterocycles. The van der Waals surface area contributed by atoms with Gasteiger partial charge >= 0.3 is 5.97 Å². The smallest absolute Gasteiger partial charge is 0.309 e. The fraction of sp³-hybridized carbons (Fsp3) is 0.550. The fourth-order valence-electron chi connectivity index (χ4n) is 3.19. The van der Waals surface area contributed by atoms with Gasteiger partial charge in [0.15, 0.2) is 5.96 Å². The van der Waals surface area contributed by atoms with E-state index in [-0.39, 0.29) is 17.8 Å². The molecule has 7 heteroatoms. The molecule has 1 aromatic carbocycles. The molecule has 2 rings (SSSR count). The van der Waals surface area contributed by atoms with Gasteiger partial charge in [0.1, 0.15) is 0 Å². The van der Waals surface area contributed by atoms with Crippen LogP contribution in [0.1, 0.15) is 42.6 Å². The van der Waals surface area contributed by atoms with Gasteiger partial charge < -0.3 is 20.3 Å². The minimum absolute atomic E-state index is 0.0203. The first kappa shape index (κ1) is 20.7. The van der Waals surface area contributed by atoms with Crippen LogP contribution in [0.4, 0.5) is 0 Å². The number of ether oxygens (including phenoxy) is 1. The van der Waals surface area contributed by atoms with Crippen LogP contribution in [0.3, 0.4) is 0 Å². The molecule has 1 heterocycles. The van der Waals surface area contributed by atoms with Gasteiger partial charge in [0.2, 0.25) is 0 Å². The number of guanidine groups is 1. The van der Waals surface area contributed by atoms with Crippen LogP contribution in [0.25, 0.3) is 0 Å². The largest absolute Gasteiger partial charge is 0.466 e. The summed E-state index contributed by atoms with van der Waals surface area (Å²) in [6.07, 6.45) is 1.54. The van der Waals surface area contributed by atoms with Crippen molar-refractivity contribution < 1.29 is 14.3 Å². The normalized spacial score (nSPS) is 15.4. The first-order chi connectivity index (χ1) is 13.1. The molecule has 0 spiro atoms. The SMILES string of the molecule is CCNC(=O)c1cccc(CNC(=NC)N2CCC(C(=O)OCC)CC2)c1. The van der Waals surface area contributed by atoms with E-state index in [1.54, 1.807) is 7.05 Å². The van der Waals surface area contributed by atoms with Crippen LogP contribution in [-0.2, 0) is 16.1 Å². The van der Waals surface area contributed by atoms with E-state index in [0.717, 1.165) is 37.5 Å². The van der Waals surface area contributed by atoms with Gasteiger partial charge in [-0.1, -0.05) is 12.1 Å². The second-order valence-corrected chi connectivity index (χ2v) is 6.47. The molecule has 27 heavy (non-hydrogen) atoms. The van der Waals surface area contributed by atoms with Crippen molar-refractivity contribution in [1.29, 1.82) is 0 Å². The van der Waals surface area contributed by atoms with Crippen molar-refractivity contribution >= 4 is 17.8 Å². The van der Waals surface area contributed by atoms with Crippen LogP contribution in [0.15, 0.2) is 29.3 Å². The van der Waals surface area contributed by atoms with Crippen LogP contribution in [-0.4, -0.2) is 56.0 Å². The van der Waals surface area contributed by atoms with Gasteiger partial charge in [0.05, 0.1) is 12.5 Å². The summed E-state index contributed by atoms with van der Waals surface area (Å²) in [5.74, 6) is 0.626. The molecule has 1 saturated heterocycles. The van der Waals surface area contributed by atoms with Crippen molar-refractivity contribution in [3.8, 4) is 0 Å². The van der Waals surface area contributed by atoms with E-state index in [1.165, 1.54) is 0 Å². The van der Waals surface area contributed by atoms with Gasteiger partial charge in [-0.2, -0.15) is 0 Å². The maximum Gasteiger partial charge on any atom is 0.309 e. The van der Waals surface area contributed by atoms with Gasteiger partial charge in [-0.05, 0) is 44.4 Å². The molecular formula is C20H30N4O3. The number of esters is 1. The molecule has 1 fully saturated rings. The van der Waals surface area contributed by atoms with Gasteiger partial charge in [-0.3, -0.25) is 14.6 Å². The molecule has 1 aliphatic rings. The summed E-state index contributed by atoms with van der Waals surface area (Å²) in [5.41, 5.74) is 1.67. The molecule has 1 amide bonds. The van der Waals surface area contributed by atoms with Crippen LogP contribution in [0.5, 0.6) is 0 Å². The standard InChI is InChI=1S/C20H30N4O3/c1-4-22-18(25)17-8-6-7-15(13-17)14-23-20(21-3)24-11-9-16(10-12-24)19(26)27-5-2/h6-8,13,16H,4-5,9-12,14H2,1-3H3,(H,21,23)(H,22,25). The predicted molar refractivity (Wildman–Crippen MR) is 106 cm³/mol. The van der Waals surface area contributed by atoms with Crippen LogP contribution in [0, 0.1) is 5.92 Å². The lowest BCUT2D eigenvalue weighted by molar-refractivity contribution is -0.149. The molecule has 0 aromatic heterocycles. The third-order valence-corrected chi connectivity index (χ3v) is 4.60. The number of hydrogen-bond acceptors (Lipinski definition) is 4. The van der Waals surface area contributed by atoms with Gasteiger partial charge in [0.25, 0.3) is 5.91 Å². The lowest BCUT2D eigenvalue weighted by Gasteiger charge is -2.33. The first-order valence-electron chi connectivity index (χ1n) is 9.58. The third kappa shape index (κ3) is 5.98. The molecule has 0 saturated carbocycles. The van der Waals surface area contributed by atoms with Crippen molar-refractivity contribution in [2.45, 2.75) is 33.2 Å². The zero-order valence-electron chi connectivity index (χ0n) is 16.5. The fourth-order valence-corrected chi connectivity index (χ4v) is 3.19. The Kier molecular flexibility index (Phi) is 8.10. The highest BCUT2D eigenvalue weighted by Crippen LogP contribution is 2.19. The summed E-state index contributed by atoms with van der Waals surface area (Å²) >= 11 is 0. The lowest BCUT2D eigenvalue weighted by atomic mass is 9.97. The van der Waals surface area contributed by atoms with E-state index >= 15 is 0 Å². The maximum absolute atomic E-state index is 12.0. The Morgan fingerprint density at radius 3 is 2.59 bits per heavy atom. The zero-order chi connectivity index (χ0) is 19.6. The Morgan fingerprint density at radius 1 is 1.22 bits per heavy atom. The minimum atomic E-state index is -0.0951. The summed E-state index contributed by atoms with van der Waals surface area (Å²) < 4.78 is 5.12. The average Bonchev–Trinajstić information content (AvgIpc) is 2.69. The molecule has 0 radical (unpaired) electrons. The summed E-state index contributed by atoms with van der Waals surface area (Å²) in [4.78, 5) is 30.4. The molecule has 7 nitrogen and oxygen atoms in total. The maximum atomic E-state index is 12.0. The van der Waals surface area contributed by atoms with Gasteiger partial charge in [0, 0.05) is 38.8 Å². The molecule has 148 valence electrons. The van der Waals surface area contributed by atoms with E-state index in [9.17, 15) is 9.59 Å². The van der Waals surface area contributed by atoms with E-state index in [1.807, 2.05) is 38.1 Å². The van der Waals surface area contributed by atoms with Crippen molar-refractivity contribution in [2.75, 3.05) is 33.3 Å². The predicted octanol–water partition coefficient (Wildman–Crippen LogP) is 1.79. The number of nitrogens with zero attached hydrogens (tertiary/aromatic N) is 2. The monoisotopic (exact) mass is 374 g/mol. The second-order valence-electron chi connectivity index (χ2n) is 6.47. The second kappa shape index (κ2) is 10.5. The number of nitrogens with one attached hydrogen (secondary N) is 2. The molecule has 1 aromatic rings. The number of carbonyl (C=O) groups is 2. The number of amides is 1. The zero-order valence-corrected chi connectivity index (χ0v) is 16.5. The number of piperidine rings is 1. The number of rotatable bonds is 6. The third-order valence-electron chi connectivity index (χ3n) is 4.60. The summed E-state index contributed by atoms with van der Waals surface area (Å²) in [6.45, 7) is 6.88. The topological polar surface area (TPSA) is 83.0 Å². The van der Waals surface area contributed by atoms with Crippen LogP contribution in [0.2, 0.25) is 0 Å². The molecule has 2 N–H and O–H groups in total. The number of likely N-dealkylation sites (tertiary alicyclic amines) is 1. The summed E-state index contributed by atoms with van der Waals surface area (Å²) in [6, 6.07) is 7.56. The van der Waals surface area contributed by atoms with Crippen LogP contribution >= 0.6 is 0 Å². The molecule has 0 atom stereocenters. The Morgan fingerprint density at radius 2 is 1.96 bits per heavy atom. The van der Waals surface area contributed by atoms with Crippen molar-refractivity contribution in [2.24, 2.45) is 10.9 Å². The number of carbonyl (C=O) groups excluding carboxylic acids is 2. The number of benzene rings is 1. The highest BCUT2D eigenvalue weighted by Gasteiger charge is 2.27. The van der Waals surface area contributed by atoms with Crippen molar-refractivity contribution in [3.05, 3.63) is 35.4 Å². The average molecular weight is 374 g/mol. The number of hydrogen-bond donors (Lipinski definition) is 2. The Hall–Kier alpha value is -2.57. The quantitative estimate of drug-likeness (QED) is 0.451. The van der Waals surface area contributed by atoms with Crippen LogP contribution < -0.4 is 10.6 Å². The molecular weight excluding hydrogens is 344 g/mol. The highest BCUT2D eigenvalue weighted by molar-refractivity contribution is 5.94. The summed E-state index contributed by atoms with van der Waals surface area (Å²) in [7, 11) is 1.75. The molecule has 0 bridgehead atoms. The van der Waals surface area contributed by atoms with E-state index in [0.29, 0.717) is 25.3 Å². The number of aliphatic imine (C=N–C) groups is 1.